The van der Waals surface area contributed by atoms with E-state index in [2.05, 4.69) is 0 Å². The van der Waals surface area contributed by atoms with E-state index in [1.807, 2.05) is 42.5 Å². The summed E-state index contributed by atoms with van der Waals surface area (Å²) in [5.41, 5.74) is 2.94. The summed E-state index contributed by atoms with van der Waals surface area (Å²) in [7, 11) is 0. The van der Waals surface area contributed by atoms with E-state index in [1.165, 1.54) is 6.07 Å². The molecule has 3 rings (SSSR count). The molecule has 0 heterocycles. The van der Waals surface area contributed by atoms with Crippen LogP contribution in [-0.4, -0.2) is 5.11 Å². The van der Waals surface area contributed by atoms with Gasteiger partial charge in [0, 0.05) is 5.56 Å². The molecule has 1 nitrogen and oxygen atoms in total. The van der Waals surface area contributed by atoms with Gasteiger partial charge in [-0.3, -0.25) is 0 Å². The molecule has 0 aliphatic carbocycles. The van der Waals surface area contributed by atoms with Crippen molar-refractivity contribution in [3.8, 4) is 28.0 Å². The Morgan fingerprint density at radius 2 is 1.40 bits per heavy atom. The lowest BCUT2D eigenvalue weighted by molar-refractivity contribution is 0.475. The maximum atomic E-state index is 14.3. The minimum atomic E-state index is -0.267. The zero-order valence-electron chi connectivity index (χ0n) is 10.8. The third-order valence-corrected chi connectivity index (χ3v) is 3.23. The molecule has 0 aliphatic heterocycles. The number of benzene rings is 3. The molecule has 0 unspecified atom stereocenters. The lowest BCUT2D eigenvalue weighted by Gasteiger charge is -2.11. The molecule has 0 aliphatic rings. The maximum absolute atomic E-state index is 14.3. The molecule has 0 radical (unpaired) electrons. The summed E-state index contributed by atoms with van der Waals surface area (Å²) in [6.45, 7) is 0. The van der Waals surface area contributed by atoms with Crippen molar-refractivity contribution in [2.75, 3.05) is 0 Å². The summed E-state index contributed by atoms with van der Waals surface area (Å²) in [6, 6.07) is 21.3. The molecule has 98 valence electrons. The number of phenols is 1. The largest absolute Gasteiger partial charge is 0.508 e. The molecule has 3 aromatic carbocycles. The summed E-state index contributed by atoms with van der Waals surface area (Å²) in [5, 5.41) is 9.61. The Kier molecular flexibility index (Phi) is 3.21. The minimum absolute atomic E-state index is 0.172. The molecule has 3 aromatic rings. The molecule has 0 aromatic heterocycles. The summed E-state index contributed by atoms with van der Waals surface area (Å²) in [5.74, 6) is -0.0946. The molecule has 0 bridgehead atoms. The van der Waals surface area contributed by atoms with Gasteiger partial charge in [-0.25, -0.2) is 4.39 Å². The summed E-state index contributed by atoms with van der Waals surface area (Å²) in [6.07, 6.45) is 0. The quantitative estimate of drug-likeness (QED) is 0.700. The third kappa shape index (κ3) is 2.28. The molecule has 1 N–H and O–H groups in total. The smallest absolute Gasteiger partial charge is 0.131 e. The standard InChI is InChI=1S/C18H13FO/c19-17-11-5-10-16(14-8-4-9-15(20)12-14)18(17)13-6-2-1-3-7-13/h1-12,20H. The van der Waals surface area contributed by atoms with Gasteiger partial charge in [0.05, 0.1) is 0 Å². The lowest BCUT2D eigenvalue weighted by atomic mass is 9.94. The molecule has 0 saturated heterocycles. The van der Waals surface area contributed by atoms with E-state index in [4.69, 9.17) is 0 Å². The number of aromatic hydroxyl groups is 1. The van der Waals surface area contributed by atoms with Crippen LogP contribution in [0.15, 0.2) is 72.8 Å². The first kappa shape index (κ1) is 12.4. The predicted molar refractivity (Wildman–Crippen MR) is 78.9 cm³/mol. The van der Waals surface area contributed by atoms with Crippen molar-refractivity contribution in [3.63, 3.8) is 0 Å². The van der Waals surface area contributed by atoms with Crippen LogP contribution in [0, 0.1) is 5.82 Å². The fourth-order valence-electron chi connectivity index (χ4n) is 2.34. The highest BCUT2D eigenvalue weighted by atomic mass is 19.1. The van der Waals surface area contributed by atoms with Gasteiger partial charge in [0.25, 0.3) is 0 Å². The minimum Gasteiger partial charge on any atom is -0.508 e. The first-order valence-corrected chi connectivity index (χ1v) is 6.39. The second-order valence-corrected chi connectivity index (χ2v) is 4.58. The number of rotatable bonds is 2. The summed E-state index contributed by atoms with van der Waals surface area (Å²) in [4.78, 5) is 0. The fourth-order valence-corrected chi connectivity index (χ4v) is 2.34. The van der Waals surface area contributed by atoms with Crippen molar-refractivity contribution in [2.24, 2.45) is 0 Å². The second-order valence-electron chi connectivity index (χ2n) is 4.58. The molecule has 0 amide bonds. The highest BCUT2D eigenvalue weighted by Gasteiger charge is 2.12. The highest BCUT2D eigenvalue weighted by Crippen LogP contribution is 2.35. The Morgan fingerprint density at radius 1 is 0.700 bits per heavy atom. The topological polar surface area (TPSA) is 20.2 Å². The SMILES string of the molecule is Oc1cccc(-c2cccc(F)c2-c2ccccc2)c1. The number of hydrogen-bond acceptors (Lipinski definition) is 1. The Morgan fingerprint density at radius 3 is 2.15 bits per heavy atom. The molecule has 0 fully saturated rings. The molecule has 0 saturated carbocycles. The van der Waals surface area contributed by atoms with Crippen LogP contribution in [0.1, 0.15) is 0 Å². The van der Waals surface area contributed by atoms with Crippen LogP contribution in [0.4, 0.5) is 4.39 Å². The zero-order chi connectivity index (χ0) is 13.9. The van der Waals surface area contributed by atoms with Crippen molar-refractivity contribution in [3.05, 3.63) is 78.6 Å². The molecule has 0 spiro atoms. The number of phenolic OH excluding ortho intramolecular Hbond substituents is 1. The van der Waals surface area contributed by atoms with E-state index >= 15 is 0 Å². The Bertz CT molecular complexity index is 735. The Labute approximate surface area is 117 Å². The van der Waals surface area contributed by atoms with Gasteiger partial charge >= 0.3 is 0 Å². The normalized spacial score (nSPS) is 10.4. The van der Waals surface area contributed by atoms with E-state index in [-0.39, 0.29) is 11.6 Å². The monoisotopic (exact) mass is 264 g/mol. The highest BCUT2D eigenvalue weighted by molar-refractivity contribution is 5.84. The van der Waals surface area contributed by atoms with Crippen molar-refractivity contribution in [2.45, 2.75) is 0 Å². The zero-order valence-corrected chi connectivity index (χ0v) is 10.8. The Hall–Kier alpha value is -2.61. The fraction of sp³-hybridized carbons (Fsp3) is 0. The maximum Gasteiger partial charge on any atom is 0.131 e. The molecule has 2 heteroatoms. The molecule has 0 atom stereocenters. The third-order valence-electron chi connectivity index (χ3n) is 3.23. The van der Waals surface area contributed by atoms with Crippen LogP contribution in [0.5, 0.6) is 5.75 Å². The predicted octanol–water partition coefficient (Wildman–Crippen LogP) is 4.87. The number of halogens is 1. The van der Waals surface area contributed by atoms with Crippen molar-refractivity contribution < 1.29 is 9.50 Å². The van der Waals surface area contributed by atoms with Crippen molar-refractivity contribution in [1.29, 1.82) is 0 Å². The van der Waals surface area contributed by atoms with Gasteiger partial charge in [-0.2, -0.15) is 0 Å². The van der Waals surface area contributed by atoms with Gasteiger partial charge in [-0.1, -0.05) is 54.6 Å². The van der Waals surface area contributed by atoms with E-state index in [1.54, 1.807) is 24.3 Å². The molecular formula is C18H13FO. The summed E-state index contributed by atoms with van der Waals surface area (Å²) >= 11 is 0. The van der Waals surface area contributed by atoms with Crippen LogP contribution in [-0.2, 0) is 0 Å². The van der Waals surface area contributed by atoms with Gasteiger partial charge in [0.1, 0.15) is 11.6 Å². The van der Waals surface area contributed by atoms with Crippen LogP contribution in [0.2, 0.25) is 0 Å². The first-order chi connectivity index (χ1) is 9.75. The molecular weight excluding hydrogens is 251 g/mol. The van der Waals surface area contributed by atoms with E-state index in [0.717, 1.165) is 16.7 Å². The van der Waals surface area contributed by atoms with Crippen LogP contribution in [0.3, 0.4) is 0 Å². The average Bonchev–Trinajstić information content (AvgIpc) is 2.48. The van der Waals surface area contributed by atoms with E-state index < -0.39 is 0 Å². The van der Waals surface area contributed by atoms with Gasteiger partial charge in [-0.15, -0.1) is 0 Å². The average molecular weight is 264 g/mol. The Balaban J connectivity index is 2.25. The van der Waals surface area contributed by atoms with Gasteiger partial charge < -0.3 is 5.11 Å². The van der Waals surface area contributed by atoms with Gasteiger partial charge in [-0.05, 0) is 34.9 Å². The van der Waals surface area contributed by atoms with E-state index in [9.17, 15) is 9.50 Å². The first-order valence-electron chi connectivity index (χ1n) is 6.39. The van der Waals surface area contributed by atoms with E-state index in [0.29, 0.717) is 5.56 Å². The van der Waals surface area contributed by atoms with Crippen molar-refractivity contribution >= 4 is 0 Å². The summed E-state index contributed by atoms with van der Waals surface area (Å²) < 4.78 is 14.3. The molecule has 20 heavy (non-hydrogen) atoms. The van der Waals surface area contributed by atoms with Crippen LogP contribution >= 0.6 is 0 Å². The van der Waals surface area contributed by atoms with Gasteiger partial charge in [0.2, 0.25) is 0 Å². The van der Waals surface area contributed by atoms with Gasteiger partial charge in [0.15, 0.2) is 0 Å². The van der Waals surface area contributed by atoms with Crippen LogP contribution in [0.25, 0.3) is 22.3 Å². The van der Waals surface area contributed by atoms with Crippen LogP contribution < -0.4 is 0 Å². The second kappa shape index (κ2) is 5.17. The van der Waals surface area contributed by atoms with Crippen molar-refractivity contribution in [1.82, 2.24) is 0 Å². The lowest BCUT2D eigenvalue weighted by Crippen LogP contribution is -1.89. The number of hydrogen-bond donors (Lipinski definition) is 1.